The van der Waals surface area contributed by atoms with Gasteiger partial charge in [0.05, 0.1) is 6.26 Å². The molecule has 1 aromatic heterocycles. The van der Waals surface area contributed by atoms with Crippen LogP contribution in [-0.4, -0.2) is 5.97 Å². The molecule has 0 N–H and O–H groups in total. The van der Waals surface area contributed by atoms with Gasteiger partial charge in [0.2, 0.25) is 0 Å². The van der Waals surface area contributed by atoms with E-state index in [1.54, 1.807) is 6.07 Å². The Morgan fingerprint density at radius 2 is 2.50 bits per heavy atom. The van der Waals surface area contributed by atoms with Gasteiger partial charge >= 0.3 is 5.97 Å². The van der Waals surface area contributed by atoms with Gasteiger partial charge < -0.3 is 9.15 Å². The van der Waals surface area contributed by atoms with Crippen LogP contribution in [-0.2, 0) is 4.79 Å². The lowest BCUT2D eigenvalue weighted by Gasteiger charge is -1.94. The number of hydrogen-bond acceptors (Lipinski definition) is 3. The first-order valence-corrected chi connectivity index (χ1v) is 2.78. The summed E-state index contributed by atoms with van der Waals surface area (Å²) in [5.41, 5.74) is 0.579. The molecule has 3 heteroatoms. The van der Waals surface area contributed by atoms with E-state index < -0.39 is 5.97 Å². The maximum Gasteiger partial charge on any atom is 0.310 e. The molecule has 0 aliphatic rings. The van der Waals surface area contributed by atoms with E-state index in [9.17, 15) is 4.79 Å². The van der Waals surface area contributed by atoms with Crippen LogP contribution in [0.4, 0.5) is 0 Å². The van der Waals surface area contributed by atoms with Crippen LogP contribution in [0.1, 0.15) is 12.5 Å². The number of ether oxygens (including phenoxy) is 1. The maximum absolute atomic E-state index is 10.4. The third kappa shape index (κ3) is 1.37. The molecule has 0 amide bonds. The van der Waals surface area contributed by atoms with Crippen molar-refractivity contribution in [3.63, 3.8) is 0 Å². The Labute approximate surface area is 58.6 Å². The van der Waals surface area contributed by atoms with Gasteiger partial charge in [-0.15, -0.1) is 0 Å². The molecule has 1 heterocycles. The van der Waals surface area contributed by atoms with Crippen LogP contribution in [0.5, 0.6) is 5.95 Å². The summed E-state index contributed by atoms with van der Waals surface area (Å²) in [7, 11) is 0. The fourth-order valence-corrected chi connectivity index (χ4v) is 0.542. The minimum absolute atomic E-state index is 0.174. The Bertz CT molecular complexity index is 237. The van der Waals surface area contributed by atoms with Crippen LogP contribution < -0.4 is 4.74 Å². The third-order valence-corrected chi connectivity index (χ3v) is 0.943. The molecular weight excluding hydrogens is 132 g/mol. The minimum Gasteiger partial charge on any atom is -0.434 e. The van der Waals surface area contributed by atoms with Crippen LogP contribution in [0.2, 0.25) is 0 Å². The number of hydrogen-bond donors (Lipinski definition) is 0. The predicted molar refractivity (Wildman–Crippen MR) is 34.5 cm³/mol. The molecule has 0 atom stereocenters. The zero-order valence-corrected chi connectivity index (χ0v) is 5.59. The minimum atomic E-state index is -0.403. The van der Waals surface area contributed by atoms with Crippen molar-refractivity contribution < 1.29 is 13.9 Å². The maximum atomic E-state index is 10.4. The molecule has 1 radical (unpaired) electrons. The van der Waals surface area contributed by atoms with Crippen molar-refractivity contribution >= 4 is 5.97 Å². The van der Waals surface area contributed by atoms with E-state index in [0.717, 1.165) is 0 Å². The van der Waals surface area contributed by atoms with E-state index in [0.29, 0.717) is 5.56 Å². The number of esters is 1. The van der Waals surface area contributed by atoms with Crippen molar-refractivity contribution in [2.24, 2.45) is 0 Å². The SMILES string of the molecule is [CH2]c1ccoc1OC(C)=O. The molecule has 53 valence electrons. The van der Waals surface area contributed by atoms with Gasteiger partial charge in [-0.2, -0.15) is 0 Å². The molecule has 0 aromatic carbocycles. The Kier molecular flexibility index (Phi) is 1.76. The molecule has 0 fully saturated rings. The van der Waals surface area contributed by atoms with Gasteiger partial charge in [-0.1, -0.05) is 0 Å². The van der Waals surface area contributed by atoms with E-state index in [-0.39, 0.29) is 5.95 Å². The Morgan fingerprint density at radius 1 is 1.80 bits per heavy atom. The summed E-state index contributed by atoms with van der Waals surface area (Å²) in [6.07, 6.45) is 1.42. The fourth-order valence-electron chi connectivity index (χ4n) is 0.542. The molecule has 0 saturated carbocycles. The van der Waals surface area contributed by atoms with Crippen molar-refractivity contribution in [1.82, 2.24) is 0 Å². The summed E-state index contributed by atoms with van der Waals surface area (Å²) >= 11 is 0. The van der Waals surface area contributed by atoms with Gasteiger partial charge in [-0.3, -0.25) is 4.79 Å². The fraction of sp³-hybridized carbons (Fsp3) is 0.143. The first kappa shape index (κ1) is 6.86. The van der Waals surface area contributed by atoms with Crippen LogP contribution in [0.3, 0.4) is 0 Å². The highest BCUT2D eigenvalue weighted by Gasteiger charge is 2.04. The molecule has 0 unspecified atom stereocenters. The lowest BCUT2D eigenvalue weighted by atomic mass is 10.4. The highest BCUT2D eigenvalue weighted by atomic mass is 16.6. The smallest absolute Gasteiger partial charge is 0.310 e. The number of carbonyl (C=O) groups excluding carboxylic acids is 1. The molecule has 1 rings (SSSR count). The molecule has 0 saturated heterocycles. The van der Waals surface area contributed by atoms with E-state index in [4.69, 9.17) is 4.42 Å². The first-order chi connectivity index (χ1) is 4.70. The van der Waals surface area contributed by atoms with Crippen LogP contribution in [0.15, 0.2) is 16.7 Å². The summed E-state index contributed by atoms with van der Waals surface area (Å²) in [5.74, 6) is -0.229. The van der Waals surface area contributed by atoms with Gasteiger partial charge in [0.1, 0.15) is 0 Å². The summed E-state index contributed by atoms with van der Waals surface area (Å²) in [6, 6.07) is 1.62. The first-order valence-electron chi connectivity index (χ1n) is 2.78. The van der Waals surface area contributed by atoms with Crippen molar-refractivity contribution in [2.45, 2.75) is 6.92 Å². The molecule has 0 aliphatic carbocycles. The zero-order chi connectivity index (χ0) is 7.56. The predicted octanol–water partition coefficient (Wildman–Crippen LogP) is 1.39. The zero-order valence-electron chi connectivity index (χ0n) is 5.59. The topological polar surface area (TPSA) is 39.4 Å². The average molecular weight is 139 g/mol. The molecule has 3 nitrogen and oxygen atoms in total. The number of rotatable bonds is 1. The molecule has 0 spiro atoms. The summed E-state index contributed by atoms with van der Waals surface area (Å²) in [6.45, 7) is 4.87. The van der Waals surface area contributed by atoms with E-state index in [1.807, 2.05) is 0 Å². The molecular formula is C7H7O3. The molecule has 1 aromatic rings. The van der Waals surface area contributed by atoms with Gasteiger partial charge in [-0.05, 0) is 13.0 Å². The highest BCUT2D eigenvalue weighted by Crippen LogP contribution is 2.17. The lowest BCUT2D eigenvalue weighted by molar-refractivity contribution is -0.133. The van der Waals surface area contributed by atoms with Crippen molar-refractivity contribution in [1.29, 1.82) is 0 Å². The summed E-state index contributed by atoms with van der Waals surface area (Å²) in [4.78, 5) is 10.4. The van der Waals surface area contributed by atoms with Gasteiger partial charge in [0.25, 0.3) is 5.95 Å². The van der Waals surface area contributed by atoms with Crippen LogP contribution >= 0.6 is 0 Å². The summed E-state index contributed by atoms with van der Waals surface area (Å²) in [5, 5.41) is 0. The second-order valence-corrected chi connectivity index (χ2v) is 1.83. The summed E-state index contributed by atoms with van der Waals surface area (Å²) < 4.78 is 9.39. The van der Waals surface area contributed by atoms with Crippen molar-refractivity contribution in [3.05, 3.63) is 24.8 Å². The highest BCUT2D eigenvalue weighted by molar-refractivity contribution is 5.68. The van der Waals surface area contributed by atoms with Gasteiger partial charge in [0, 0.05) is 12.5 Å². The van der Waals surface area contributed by atoms with E-state index in [2.05, 4.69) is 11.7 Å². The Balaban J connectivity index is 2.74. The van der Waals surface area contributed by atoms with E-state index in [1.165, 1.54) is 13.2 Å². The average Bonchev–Trinajstić information content (AvgIpc) is 2.15. The monoisotopic (exact) mass is 139 g/mol. The van der Waals surface area contributed by atoms with Gasteiger partial charge in [-0.25, -0.2) is 0 Å². The largest absolute Gasteiger partial charge is 0.434 e. The molecule has 0 bridgehead atoms. The second-order valence-electron chi connectivity index (χ2n) is 1.83. The molecule has 10 heavy (non-hydrogen) atoms. The van der Waals surface area contributed by atoms with Gasteiger partial charge in [0.15, 0.2) is 0 Å². The molecule has 0 aliphatic heterocycles. The number of carbonyl (C=O) groups is 1. The third-order valence-electron chi connectivity index (χ3n) is 0.943. The van der Waals surface area contributed by atoms with Crippen molar-refractivity contribution in [2.75, 3.05) is 0 Å². The van der Waals surface area contributed by atoms with Crippen LogP contribution in [0.25, 0.3) is 0 Å². The lowest BCUT2D eigenvalue weighted by Crippen LogP contribution is -2.00. The van der Waals surface area contributed by atoms with E-state index >= 15 is 0 Å². The Hall–Kier alpha value is -1.25. The Morgan fingerprint density at radius 3 is 2.90 bits per heavy atom. The standard InChI is InChI=1S/C7H7O3/c1-5-3-4-9-7(5)10-6(2)8/h3-4H,1H2,2H3. The quantitative estimate of drug-likeness (QED) is 0.552. The second kappa shape index (κ2) is 2.56. The number of furan rings is 1. The van der Waals surface area contributed by atoms with Crippen molar-refractivity contribution in [3.8, 4) is 5.95 Å². The van der Waals surface area contributed by atoms with Crippen LogP contribution in [0, 0.1) is 6.92 Å². The normalized spacial score (nSPS) is 9.40.